The van der Waals surface area contributed by atoms with Gasteiger partial charge in [0, 0.05) is 36.3 Å². The highest BCUT2D eigenvalue weighted by molar-refractivity contribution is 7.99. The number of non-ortho nitro benzene ring substituents is 1. The van der Waals surface area contributed by atoms with Crippen LogP contribution < -0.4 is 5.73 Å². The van der Waals surface area contributed by atoms with Crippen molar-refractivity contribution in [1.29, 1.82) is 0 Å². The molecule has 1 amide bonds. The van der Waals surface area contributed by atoms with Crippen molar-refractivity contribution in [3.8, 4) is 0 Å². The smallest absolute Gasteiger partial charge is 0.269 e. The standard InChI is InChI=1S/C16H19N5O3S/c1-10(12-3-2-4-13(9-12)21(23)24)25-16-19-18-15(11-5-6-11)20(16)8-7-14(17)22/h2-4,9-11H,5-8H2,1H3,(H2,17,22). The van der Waals surface area contributed by atoms with Gasteiger partial charge in [0.25, 0.3) is 5.69 Å². The van der Waals surface area contributed by atoms with Crippen LogP contribution in [0.4, 0.5) is 5.69 Å². The van der Waals surface area contributed by atoms with E-state index in [1.165, 1.54) is 17.8 Å². The number of nitrogens with two attached hydrogens (primary N) is 1. The summed E-state index contributed by atoms with van der Waals surface area (Å²) < 4.78 is 1.96. The molecule has 1 aromatic heterocycles. The minimum Gasteiger partial charge on any atom is -0.370 e. The van der Waals surface area contributed by atoms with Gasteiger partial charge in [0.1, 0.15) is 5.82 Å². The Morgan fingerprint density at radius 3 is 2.88 bits per heavy atom. The fraction of sp³-hybridized carbons (Fsp3) is 0.438. The second-order valence-electron chi connectivity index (χ2n) is 6.10. The molecule has 2 N–H and O–H groups in total. The molecule has 0 saturated heterocycles. The molecule has 0 spiro atoms. The van der Waals surface area contributed by atoms with Crippen molar-refractivity contribution in [2.75, 3.05) is 0 Å². The molecule has 0 radical (unpaired) electrons. The lowest BCUT2D eigenvalue weighted by atomic mass is 10.1. The van der Waals surface area contributed by atoms with E-state index in [1.807, 2.05) is 17.6 Å². The van der Waals surface area contributed by atoms with E-state index in [9.17, 15) is 14.9 Å². The molecule has 1 aromatic carbocycles. The molecule has 8 nitrogen and oxygen atoms in total. The van der Waals surface area contributed by atoms with Gasteiger partial charge in [-0.15, -0.1) is 10.2 Å². The minimum absolute atomic E-state index is 0.0384. The van der Waals surface area contributed by atoms with E-state index in [-0.39, 0.29) is 23.3 Å². The van der Waals surface area contributed by atoms with E-state index in [4.69, 9.17) is 5.73 Å². The molecule has 1 heterocycles. The Morgan fingerprint density at radius 2 is 2.24 bits per heavy atom. The number of carbonyl (C=O) groups excluding carboxylic acids is 1. The number of nitro benzene ring substituents is 1. The van der Waals surface area contributed by atoms with Crippen molar-refractivity contribution in [3.63, 3.8) is 0 Å². The van der Waals surface area contributed by atoms with E-state index in [1.54, 1.807) is 12.1 Å². The summed E-state index contributed by atoms with van der Waals surface area (Å²) >= 11 is 1.48. The van der Waals surface area contributed by atoms with Crippen LogP contribution in [0.15, 0.2) is 29.4 Å². The molecule has 0 bridgehead atoms. The summed E-state index contributed by atoms with van der Waals surface area (Å²) in [4.78, 5) is 21.7. The second kappa shape index (κ2) is 7.22. The number of thioether (sulfide) groups is 1. The molecule has 1 unspecified atom stereocenters. The van der Waals surface area contributed by atoms with Crippen molar-refractivity contribution in [1.82, 2.24) is 14.8 Å². The van der Waals surface area contributed by atoms with Crippen molar-refractivity contribution in [2.45, 2.75) is 49.1 Å². The maximum absolute atomic E-state index is 11.1. The SMILES string of the molecule is CC(Sc1nnc(C2CC2)n1CCC(N)=O)c1cccc([N+](=O)[O-])c1. The molecule has 132 valence electrons. The summed E-state index contributed by atoms with van der Waals surface area (Å²) in [5.41, 5.74) is 6.19. The van der Waals surface area contributed by atoms with Crippen LogP contribution in [0.3, 0.4) is 0 Å². The summed E-state index contributed by atoms with van der Waals surface area (Å²) in [5.74, 6) is 0.941. The zero-order valence-electron chi connectivity index (χ0n) is 13.8. The first kappa shape index (κ1) is 17.4. The van der Waals surface area contributed by atoms with Crippen molar-refractivity contribution >= 4 is 23.4 Å². The molecule has 1 aliphatic rings. The zero-order valence-corrected chi connectivity index (χ0v) is 14.6. The quantitative estimate of drug-likeness (QED) is 0.439. The first-order chi connectivity index (χ1) is 12.0. The number of carbonyl (C=O) groups is 1. The molecule has 9 heteroatoms. The summed E-state index contributed by atoms with van der Waals surface area (Å²) in [6, 6.07) is 6.58. The molecule has 1 saturated carbocycles. The van der Waals surface area contributed by atoms with Crippen LogP contribution in [0.25, 0.3) is 0 Å². The fourth-order valence-electron chi connectivity index (χ4n) is 2.58. The van der Waals surface area contributed by atoms with Gasteiger partial charge in [-0.05, 0) is 25.3 Å². The lowest BCUT2D eigenvalue weighted by Crippen LogP contribution is -2.15. The first-order valence-electron chi connectivity index (χ1n) is 8.08. The van der Waals surface area contributed by atoms with Crippen LogP contribution in [-0.2, 0) is 11.3 Å². The molecule has 1 fully saturated rings. The maximum atomic E-state index is 11.1. The van der Waals surface area contributed by atoms with E-state index >= 15 is 0 Å². The van der Waals surface area contributed by atoms with E-state index in [0.717, 1.165) is 24.2 Å². The summed E-state index contributed by atoms with van der Waals surface area (Å²) in [6.07, 6.45) is 2.40. The third-order valence-corrected chi connectivity index (χ3v) is 5.24. The van der Waals surface area contributed by atoms with Gasteiger partial charge >= 0.3 is 0 Å². The number of aromatic nitrogens is 3. The maximum Gasteiger partial charge on any atom is 0.269 e. The van der Waals surface area contributed by atoms with Gasteiger partial charge in [-0.2, -0.15) is 0 Å². The number of nitrogens with zero attached hydrogens (tertiary/aromatic N) is 4. The molecular weight excluding hydrogens is 342 g/mol. The van der Waals surface area contributed by atoms with E-state index in [0.29, 0.717) is 17.6 Å². The van der Waals surface area contributed by atoms with Gasteiger partial charge in [-0.3, -0.25) is 14.9 Å². The summed E-state index contributed by atoms with van der Waals surface area (Å²) in [6.45, 7) is 2.42. The largest absolute Gasteiger partial charge is 0.370 e. The monoisotopic (exact) mass is 361 g/mol. The minimum atomic E-state index is -0.401. The third-order valence-electron chi connectivity index (χ3n) is 4.10. The number of rotatable bonds is 8. The van der Waals surface area contributed by atoms with Crippen molar-refractivity contribution in [3.05, 3.63) is 45.8 Å². The predicted molar refractivity (Wildman–Crippen MR) is 93.2 cm³/mol. The highest BCUT2D eigenvalue weighted by atomic mass is 32.2. The fourth-order valence-corrected chi connectivity index (χ4v) is 3.58. The van der Waals surface area contributed by atoms with E-state index < -0.39 is 4.92 Å². The van der Waals surface area contributed by atoms with Gasteiger partial charge in [-0.25, -0.2) is 0 Å². The number of benzene rings is 1. The zero-order chi connectivity index (χ0) is 18.0. The summed E-state index contributed by atoms with van der Waals surface area (Å²) in [5, 5.41) is 20.2. The van der Waals surface area contributed by atoms with Gasteiger partial charge in [0.2, 0.25) is 5.91 Å². The lowest BCUT2D eigenvalue weighted by Gasteiger charge is -2.13. The van der Waals surface area contributed by atoms with Gasteiger partial charge in [0.15, 0.2) is 5.16 Å². The van der Waals surface area contributed by atoms with Crippen LogP contribution in [0.1, 0.15) is 48.7 Å². The Balaban J connectivity index is 1.80. The van der Waals surface area contributed by atoms with Gasteiger partial charge < -0.3 is 10.3 Å². The van der Waals surface area contributed by atoms with Crippen molar-refractivity contribution < 1.29 is 9.72 Å². The number of nitro groups is 1. The average Bonchev–Trinajstić information content (AvgIpc) is 3.35. The van der Waals surface area contributed by atoms with Crippen LogP contribution in [0, 0.1) is 10.1 Å². The Hall–Kier alpha value is -2.42. The Labute approximate surface area is 149 Å². The molecule has 3 rings (SSSR count). The number of hydrogen-bond acceptors (Lipinski definition) is 6. The van der Waals surface area contributed by atoms with Gasteiger partial charge in [-0.1, -0.05) is 23.9 Å². The predicted octanol–water partition coefficient (Wildman–Crippen LogP) is 2.79. The summed E-state index contributed by atoms with van der Waals surface area (Å²) in [7, 11) is 0. The Kier molecular flexibility index (Phi) is 5.03. The first-order valence-corrected chi connectivity index (χ1v) is 8.96. The van der Waals surface area contributed by atoms with Crippen LogP contribution in [-0.4, -0.2) is 25.6 Å². The van der Waals surface area contributed by atoms with Crippen LogP contribution in [0.2, 0.25) is 0 Å². The third kappa shape index (κ3) is 4.16. The molecule has 2 aromatic rings. The lowest BCUT2D eigenvalue weighted by molar-refractivity contribution is -0.384. The highest BCUT2D eigenvalue weighted by Gasteiger charge is 2.31. The Morgan fingerprint density at radius 1 is 1.48 bits per heavy atom. The molecule has 25 heavy (non-hydrogen) atoms. The second-order valence-corrected chi connectivity index (χ2v) is 7.40. The number of primary amides is 1. The number of amides is 1. The van der Waals surface area contributed by atoms with Gasteiger partial charge in [0.05, 0.1) is 4.92 Å². The van der Waals surface area contributed by atoms with Crippen molar-refractivity contribution in [2.24, 2.45) is 5.73 Å². The van der Waals surface area contributed by atoms with Crippen LogP contribution in [0.5, 0.6) is 0 Å². The molecular formula is C16H19N5O3S. The van der Waals surface area contributed by atoms with Crippen LogP contribution >= 0.6 is 11.8 Å². The molecule has 0 aliphatic heterocycles. The average molecular weight is 361 g/mol. The number of hydrogen-bond donors (Lipinski definition) is 1. The topological polar surface area (TPSA) is 117 Å². The molecule has 1 aliphatic carbocycles. The van der Waals surface area contributed by atoms with E-state index in [2.05, 4.69) is 10.2 Å². The molecule has 1 atom stereocenters. The highest BCUT2D eigenvalue weighted by Crippen LogP contribution is 2.42. The Bertz CT molecular complexity index is 803. The normalized spacial score (nSPS) is 15.1.